The molecule has 1 aliphatic heterocycles. The number of rotatable bonds is 2. The van der Waals surface area contributed by atoms with Gasteiger partial charge >= 0.3 is 0 Å². The monoisotopic (exact) mass is 334 g/mol. The van der Waals surface area contributed by atoms with E-state index in [1.165, 1.54) is 0 Å². The van der Waals surface area contributed by atoms with Crippen LogP contribution in [0.4, 0.5) is 5.69 Å². The average molecular weight is 334 g/mol. The van der Waals surface area contributed by atoms with Crippen LogP contribution in [-0.4, -0.2) is 26.9 Å². The van der Waals surface area contributed by atoms with Crippen molar-refractivity contribution in [2.24, 2.45) is 0 Å². The fraction of sp³-hybridized carbons (Fsp3) is 0.263. The lowest BCUT2D eigenvalue weighted by Gasteiger charge is -2.35. The fourth-order valence-corrected chi connectivity index (χ4v) is 3.40. The van der Waals surface area contributed by atoms with E-state index < -0.39 is 0 Å². The van der Waals surface area contributed by atoms with Gasteiger partial charge in [0.2, 0.25) is 5.91 Å². The second-order valence-corrected chi connectivity index (χ2v) is 6.35. The predicted molar refractivity (Wildman–Crippen MR) is 95.5 cm³/mol. The average Bonchev–Trinajstić information content (AvgIpc) is 2.64. The number of para-hydroxylation sites is 1. The number of benzene rings is 2. The van der Waals surface area contributed by atoms with Crippen molar-refractivity contribution in [3.63, 3.8) is 0 Å². The zero-order valence-electron chi connectivity index (χ0n) is 13.9. The predicted octanol–water partition coefficient (Wildman–Crippen LogP) is 2.16. The standard InChI is InChI=1S/C19H18N4O2/c1-13-10-11-14-6-2-5-9-17(14)23(13)18(24)12-22-19(25)15-7-3-4-8-16(15)20-21-22/h2-9,13H,10-12H2,1H3/t13-/m1/s1. The number of hydrogen-bond acceptors (Lipinski definition) is 4. The van der Waals surface area contributed by atoms with Gasteiger partial charge in [-0.1, -0.05) is 35.5 Å². The van der Waals surface area contributed by atoms with Gasteiger partial charge in [0, 0.05) is 11.7 Å². The lowest BCUT2D eigenvalue weighted by molar-refractivity contribution is -0.120. The maximum absolute atomic E-state index is 12.9. The van der Waals surface area contributed by atoms with Gasteiger partial charge in [-0.25, -0.2) is 4.68 Å². The van der Waals surface area contributed by atoms with Crippen molar-refractivity contribution in [3.05, 3.63) is 64.4 Å². The van der Waals surface area contributed by atoms with E-state index in [0.29, 0.717) is 10.9 Å². The first-order valence-electron chi connectivity index (χ1n) is 8.37. The first-order valence-corrected chi connectivity index (χ1v) is 8.37. The molecule has 3 aromatic rings. The van der Waals surface area contributed by atoms with Gasteiger partial charge in [0.05, 0.1) is 5.39 Å². The molecule has 2 aromatic carbocycles. The Labute approximate surface area is 144 Å². The summed E-state index contributed by atoms with van der Waals surface area (Å²) in [5.41, 5.74) is 2.32. The molecule has 1 amide bonds. The van der Waals surface area contributed by atoms with Gasteiger partial charge in [-0.2, -0.15) is 0 Å². The van der Waals surface area contributed by atoms with Crippen LogP contribution in [0.5, 0.6) is 0 Å². The maximum atomic E-state index is 12.9. The third-order valence-electron chi connectivity index (χ3n) is 4.71. The maximum Gasteiger partial charge on any atom is 0.278 e. The molecule has 0 fully saturated rings. The zero-order valence-corrected chi connectivity index (χ0v) is 13.9. The normalized spacial score (nSPS) is 16.7. The van der Waals surface area contributed by atoms with Crippen LogP contribution >= 0.6 is 0 Å². The van der Waals surface area contributed by atoms with Crippen molar-refractivity contribution < 1.29 is 4.79 Å². The molecule has 126 valence electrons. The smallest absolute Gasteiger partial charge is 0.278 e. The molecule has 0 saturated heterocycles. The SMILES string of the molecule is C[C@@H]1CCc2ccccc2N1C(=O)Cn1nnc2ccccc2c1=O. The molecule has 4 rings (SSSR count). The molecular weight excluding hydrogens is 316 g/mol. The number of nitrogens with zero attached hydrogens (tertiary/aromatic N) is 4. The van der Waals surface area contributed by atoms with E-state index in [1.807, 2.05) is 31.2 Å². The van der Waals surface area contributed by atoms with Crippen molar-refractivity contribution in [2.75, 3.05) is 4.90 Å². The molecule has 6 heteroatoms. The van der Waals surface area contributed by atoms with Crippen LogP contribution < -0.4 is 10.5 Å². The summed E-state index contributed by atoms with van der Waals surface area (Å²) in [7, 11) is 0. The van der Waals surface area contributed by atoms with Gasteiger partial charge in [-0.05, 0) is 43.5 Å². The minimum Gasteiger partial charge on any atom is -0.308 e. The molecule has 25 heavy (non-hydrogen) atoms. The van der Waals surface area contributed by atoms with Crippen LogP contribution in [0.1, 0.15) is 18.9 Å². The van der Waals surface area contributed by atoms with Crippen LogP contribution in [-0.2, 0) is 17.8 Å². The Hall–Kier alpha value is -3.02. The number of aromatic nitrogens is 3. The van der Waals surface area contributed by atoms with Crippen LogP contribution in [0, 0.1) is 0 Å². The summed E-state index contributed by atoms with van der Waals surface area (Å²) in [6.45, 7) is 1.91. The Morgan fingerprint density at radius 2 is 1.92 bits per heavy atom. The summed E-state index contributed by atoms with van der Waals surface area (Å²) in [4.78, 5) is 27.3. The number of carbonyl (C=O) groups excluding carboxylic acids is 1. The van der Waals surface area contributed by atoms with Crippen LogP contribution in [0.15, 0.2) is 53.3 Å². The molecule has 0 bridgehead atoms. The number of amides is 1. The topological polar surface area (TPSA) is 68.1 Å². The van der Waals surface area contributed by atoms with Crippen molar-refractivity contribution >= 4 is 22.5 Å². The quantitative estimate of drug-likeness (QED) is 0.720. The van der Waals surface area contributed by atoms with Gasteiger partial charge < -0.3 is 4.90 Å². The van der Waals surface area contributed by atoms with Crippen LogP contribution in [0.25, 0.3) is 10.9 Å². The number of hydrogen-bond donors (Lipinski definition) is 0. The van der Waals surface area contributed by atoms with Crippen LogP contribution in [0.2, 0.25) is 0 Å². The summed E-state index contributed by atoms with van der Waals surface area (Å²) < 4.78 is 1.15. The Kier molecular flexibility index (Phi) is 3.80. The number of fused-ring (bicyclic) bond motifs is 2. The van der Waals surface area contributed by atoms with Crippen LogP contribution in [0.3, 0.4) is 0 Å². The lowest BCUT2D eigenvalue weighted by atomic mass is 9.96. The molecule has 2 heterocycles. The molecule has 1 aromatic heterocycles. The van der Waals surface area contributed by atoms with E-state index in [9.17, 15) is 9.59 Å². The molecule has 0 aliphatic carbocycles. The molecule has 1 atom stereocenters. The van der Waals surface area contributed by atoms with Crippen molar-refractivity contribution in [2.45, 2.75) is 32.4 Å². The van der Waals surface area contributed by atoms with Gasteiger partial charge in [-0.3, -0.25) is 9.59 Å². The summed E-state index contributed by atoms with van der Waals surface area (Å²) in [6, 6.07) is 15.0. The van der Waals surface area contributed by atoms with Crippen molar-refractivity contribution in [3.8, 4) is 0 Å². The van der Waals surface area contributed by atoms with E-state index in [-0.39, 0.29) is 24.1 Å². The Balaban J connectivity index is 1.69. The number of aryl methyl sites for hydroxylation is 1. The zero-order chi connectivity index (χ0) is 17.4. The molecule has 6 nitrogen and oxygen atoms in total. The van der Waals surface area contributed by atoms with Gasteiger partial charge in [0.15, 0.2) is 0 Å². The summed E-state index contributed by atoms with van der Waals surface area (Å²) in [5.74, 6) is -0.147. The second kappa shape index (κ2) is 6.12. The number of anilines is 1. The third-order valence-corrected chi connectivity index (χ3v) is 4.71. The molecule has 0 unspecified atom stereocenters. The van der Waals surface area contributed by atoms with Gasteiger partial charge in [0.25, 0.3) is 5.56 Å². The van der Waals surface area contributed by atoms with Crippen molar-refractivity contribution in [1.82, 2.24) is 15.0 Å². The summed E-state index contributed by atoms with van der Waals surface area (Å²) in [6.07, 6.45) is 1.86. The summed E-state index contributed by atoms with van der Waals surface area (Å²) >= 11 is 0. The second-order valence-electron chi connectivity index (χ2n) is 6.35. The molecule has 1 aliphatic rings. The van der Waals surface area contributed by atoms with E-state index in [1.54, 1.807) is 29.2 Å². The first-order chi connectivity index (χ1) is 12.1. The molecule has 0 saturated carbocycles. The largest absolute Gasteiger partial charge is 0.308 e. The summed E-state index contributed by atoms with van der Waals surface area (Å²) in [5, 5.41) is 8.44. The lowest BCUT2D eigenvalue weighted by Crippen LogP contribution is -2.45. The minimum atomic E-state index is -0.295. The van der Waals surface area contributed by atoms with Gasteiger partial charge in [0.1, 0.15) is 12.1 Å². The van der Waals surface area contributed by atoms with Crippen molar-refractivity contribution in [1.29, 1.82) is 0 Å². The number of carbonyl (C=O) groups is 1. The minimum absolute atomic E-state index is 0.0894. The van der Waals surface area contributed by atoms with E-state index >= 15 is 0 Å². The third kappa shape index (κ3) is 2.69. The Morgan fingerprint density at radius 1 is 1.16 bits per heavy atom. The van der Waals surface area contributed by atoms with Gasteiger partial charge in [-0.15, -0.1) is 5.10 Å². The highest BCUT2D eigenvalue weighted by Gasteiger charge is 2.28. The highest BCUT2D eigenvalue weighted by Crippen LogP contribution is 2.30. The molecule has 0 spiro atoms. The fourth-order valence-electron chi connectivity index (χ4n) is 3.40. The van der Waals surface area contributed by atoms with E-state index in [2.05, 4.69) is 10.3 Å². The Bertz CT molecular complexity index is 1010. The van der Waals surface area contributed by atoms with E-state index in [0.717, 1.165) is 28.8 Å². The molecular formula is C19H18N4O2. The highest BCUT2D eigenvalue weighted by molar-refractivity contribution is 5.95. The molecule has 0 N–H and O–H groups in total. The highest BCUT2D eigenvalue weighted by atomic mass is 16.2. The van der Waals surface area contributed by atoms with E-state index in [4.69, 9.17) is 0 Å². The first kappa shape index (κ1) is 15.5. The Morgan fingerprint density at radius 3 is 2.80 bits per heavy atom. The molecule has 0 radical (unpaired) electrons.